The Labute approximate surface area is 191 Å². The predicted octanol–water partition coefficient (Wildman–Crippen LogP) is 3.76. The van der Waals surface area contributed by atoms with E-state index in [0.29, 0.717) is 24.5 Å². The van der Waals surface area contributed by atoms with Crippen LogP contribution in [0.5, 0.6) is 5.75 Å². The number of phenols is 1. The number of phenolic OH excluding ortho intramolecular Hbond substituents is 1. The van der Waals surface area contributed by atoms with Crippen molar-refractivity contribution in [1.82, 2.24) is 19.7 Å². The fraction of sp³-hybridized carbons (Fsp3) is 0.333. The summed E-state index contributed by atoms with van der Waals surface area (Å²) in [5.41, 5.74) is 2.43. The first kappa shape index (κ1) is 20.8. The second-order valence-corrected chi connectivity index (χ2v) is 9.50. The number of likely N-dealkylation sites (N-methyl/N-ethyl adjacent to an activating group) is 1. The second kappa shape index (κ2) is 7.25. The molecule has 0 spiro atoms. The van der Waals surface area contributed by atoms with Crippen molar-refractivity contribution in [1.29, 1.82) is 0 Å². The highest BCUT2D eigenvalue weighted by atomic mass is 35.5. The first-order chi connectivity index (χ1) is 15.2. The molecule has 2 N–H and O–H groups in total. The highest BCUT2D eigenvalue weighted by Gasteiger charge is 2.60. The summed E-state index contributed by atoms with van der Waals surface area (Å²) in [5.74, 6) is -0.0885. The Morgan fingerprint density at radius 3 is 2.72 bits per heavy atom. The molecule has 0 unspecified atom stereocenters. The van der Waals surface area contributed by atoms with Crippen molar-refractivity contribution < 1.29 is 14.7 Å². The number of nitrogens with one attached hydrogen (secondary N) is 1. The van der Waals surface area contributed by atoms with Crippen LogP contribution in [0.15, 0.2) is 42.5 Å². The number of carbonyl (C=O) groups is 2. The molecule has 32 heavy (non-hydrogen) atoms. The maximum Gasteiger partial charge on any atom is 0.328 e. The number of halogens is 1. The van der Waals surface area contributed by atoms with Crippen LogP contribution in [-0.2, 0) is 11.2 Å². The van der Waals surface area contributed by atoms with Crippen LogP contribution in [0.1, 0.15) is 29.8 Å². The van der Waals surface area contributed by atoms with Gasteiger partial charge in [-0.25, -0.2) is 4.79 Å². The zero-order chi connectivity index (χ0) is 22.8. The van der Waals surface area contributed by atoms with Crippen LogP contribution in [-0.4, -0.2) is 69.5 Å². The minimum absolute atomic E-state index is 0.109. The van der Waals surface area contributed by atoms with E-state index in [9.17, 15) is 14.7 Å². The molecule has 8 heteroatoms. The highest BCUT2D eigenvalue weighted by Crippen LogP contribution is 2.49. The van der Waals surface area contributed by atoms with Gasteiger partial charge in [0.05, 0.1) is 0 Å². The quantitative estimate of drug-likeness (QED) is 0.591. The molecule has 0 radical (unpaired) electrons. The van der Waals surface area contributed by atoms with Gasteiger partial charge < -0.3 is 15.0 Å². The molecular formula is C24H25ClN4O3. The first-order valence-electron chi connectivity index (χ1n) is 10.6. The van der Waals surface area contributed by atoms with Gasteiger partial charge in [0.25, 0.3) is 5.91 Å². The number of nitrogens with zero attached hydrogens (tertiary/aromatic N) is 3. The van der Waals surface area contributed by atoms with Gasteiger partial charge in [0, 0.05) is 41.1 Å². The minimum Gasteiger partial charge on any atom is -0.508 e. The number of rotatable bonds is 4. The van der Waals surface area contributed by atoms with Crippen LogP contribution in [0.25, 0.3) is 10.9 Å². The molecule has 3 heterocycles. The molecule has 3 amide bonds. The van der Waals surface area contributed by atoms with Crippen molar-refractivity contribution in [2.75, 3.05) is 27.2 Å². The molecule has 0 aliphatic carbocycles. The summed E-state index contributed by atoms with van der Waals surface area (Å²) in [5, 5.41) is 11.7. The predicted molar refractivity (Wildman–Crippen MR) is 123 cm³/mol. The monoisotopic (exact) mass is 452 g/mol. The lowest BCUT2D eigenvalue weighted by Gasteiger charge is -2.42. The van der Waals surface area contributed by atoms with Gasteiger partial charge in [-0.3, -0.25) is 14.6 Å². The second-order valence-electron chi connectivity index (χ2n) is 9.07. The Bertz CT molecular complexity index is 1250. The molecule has 1 fully saturated rings. The van der Waals surface area contributed by atoms with Crippen LogP contribution >= 0.6 is 11.6 Å². The Morgan fingerprint density at radius 1 is 1.22 bits per heavy atom. The highest BCUT2D eigenvalue weighted by molar-refractivity contribution is 6.31. The van der Waals surface area contributed by atoms with E-state index in [2.05, 4.69) is 4.98 Å². The molecule has 3 aromatic rings. The third-order valence-corrected chi connectivity index (χ3v) is 6.82. The molecule has 0 saturated carbocycles. The van der Waals surface area contributed by atoms with Gasteiger partial charge >= 0.3 is 6.03 Å². The fourth-order valence-electron chi connectivity index (χ4n) is 5.02. The number of fused-ring (bicyclic) bond motifs is 4. The molecule has 2 atom stereocenters. The average Bonchev–Trinajstić information content (AvgIpc) is 3.17. The molecule has 1 saturated heterocycles. The SMILES string of the molecule is CN(C)CCN1C(=O)N2[C@H](c3cccc(O)c3)c3[nH]c4ccc(Cl)cc4c3C[C@@]2(C)C1=O. The number of carbonyl (C=O) groups excluding carboxylic acids is 2. The summed E-state index contributed by atoms with van der Waals surface area (Å²) in [6.07, 6.45) is 0.390. The number of benzene rings is 2. The van der Waals surface area contributed by atoms with Gasteiger partial charge in [0.2, 0.25) is 0 Å². The third kappa shape index (κ3) is 2.99. The van der Waals surface area contributed by atoms with Gasteiger partial charge in [-0.05, 0) is 62.5 Å². The lowest BCUT2D eigenvalue weighted by molar-refractivity contribution is -0.133. The number of H-pyrrole nitrogens is 1. The van der Waals surface area contributed by atoms with Gasteiger partial charge in [-0.15, -0.1) is 0 Å². The third-order valence-electron chi connectivity index (χ3n) is 6.59. The van der Waals surface area contributed by atoms with Crippen LogP contribution < -0.4 is 0 Å². The van der Waals surface area contributed by atoms with Crippen molar-refractivity contribution in [3.63, 3.8) is 0 Å². The summed E-state index contributed by atoms with van der Waals surface area (Å²) in [6, 6.07) is 11.7. The van der Waals surface area contributed by atoms with E-state index in [1.807, 2.05) is 50.2 Å². The Morgan fingerprint density at radius 2 is 2.00 bits per heavy atom. The summed E-state index contributed by atoms with van der Waals surface area (Å²) in [6.45, 7) is 2.75. The molecule has 2 aromatic carbocycles. The first-order valence-corrected chi connectivity index (χ1v) is 11.0. The topological polar surface area (TPSA) is 79.9 Å². The zero-order valence-corrected chi connectivity index (χ0v) is 19.0. The van der Waals surface area contributed by atoms with E-state index < -0.39 is 11.6 Å². The maximum atomic E-state index is 13.6. The molecule has 2 aliphatic rings. The van der Waals surface area contributed by atoms with Gasteiger partial charge in [0.1, 0.15) is 17.3 Å². The van der Waals surface area contributed by atoms with E-state index in [0.717, 1.165) is 27.7 Å². The Kier molecular flexibility index (Phi) is 4.72. The molecule has 1 aromatic heterocycles. The van der Waals surface area contributed by atoms with E-state index >= 15 is 0 Å². The zero-order valence-electron chi connectivity index (χ0n) is 18.2. The Balaban J connectivity index is 1.72. The number of urea groups is 1. The van der Waals surface area contributed by atoms with Crippen LogP contribution in [0.2, 0.25) is 5.02 Å². The van der Waals surface area contributed by atoms with Crippen LogP contribution in [0.4, 0.5) is 4.79 Å². The van der Waals surface area contributed by atoms with Crippen molar-refractivity contribution in [3.05, 3.63) is 64.3 Å². The van der Waals surface area contributed by atoms with E-state index in [1.165, 1.54) is 4.90 Å². The average molecular weight is 453 g/mol. The van der Waals surface area contributed by atoms with Crippen LogP contribution in [0, 0.1) is 0 Å². The van der Waals surface area contributed by atoms with E-state index in [4.69, 9.17) is 11.6 Å². The van der Waals surface area contributed by atoms with Gasteiger partial charge in [-0.1, -0.05) is 23.7 Å². The Hall–Kier alpha value is -3.03. The smallest absolute Gasteiger partial charge is 0.328 e. The van der Waals surface area contributed by atoms with Gasteiger partial charge in [0.15, 0.2) is 0 Å². The minimum atomic E-state index is -1.04. The molecule has 7 nitrogen and oxygen atoms in total. The summed E-state index contributed by atoms with van der Waals surface area (Å²) >= 11 is 6.29. The fourth-order valence-corrected chi connectivity index (χ4v) is 5.20. The molecule has 166 valence electrons. The number of hydrogen-bond acceptors (Lipinski definition) is 4. The number of aromatic amines is 1. The molecular weight excluding hydrogens is 428 g/mol. The lowest BCUT2D eigenvalue weighted by Crippen LogP contribution is -2.53. The lowest BCUT2D eigenvalue weighted by atomic mass is 9.81. The number of imide groups is 1. The largest absolute Gasteiger partial charge is 0.508 e. The normalized spacial score (nSPS) is 22.7. The maximum absolute atomic E-state index is 13.6. The van der Waals surface area contributed by atoms with Crippen LogP contribution in [0.3, 0.4) is 0 Å². The number of hydrogen-bond donors (Lipinski definition) is 2. The summed E-state index contributed by atoms with van der Waals surface area (Å²) in [7, 11) is 3.83. The van der Waals surface area contributed by atoms with Gasteiger partial charge in [-0.2, -0.15) is 0 Å². The molecule has 5 rings (SSSR count). The van der Waals surface area contributed by atoms with Crippen molar-refractivity contribution in [2.45, 2.75) is 24.9 Å². The standard InChI is InChI=1S/C24H25ClN4O3/c1-24-13-18-17-12-15(25)7-8-19(17)26-20(18)21(14-5-4-6-16(30)11-14)29(24)23(32)28(22(24)31)10-9-27(2)3/h4-8,11-12,21,26,30H,9-10,13H2,1-3H3/t21-,24+/m1/s1. The van der Waals surface area contributed by atoms with E-state index in [1.54, 1.807) is 23.1 Å². The number of aromatic hydroxyl groups is 1. The van der Waals surface area contributed by atoms with Crippen molar-refractivity contribution in [2.24, 2.45) is 0 Å². The summed E-state index contributed by atoms with van der Waals surface area (Å²) < 4.78 is 0. The number of amides is 3. The summed E-state index contributed by atoms with van der Waals surface area (Å²) in [4.78, 5) is 35.7. The van der Waals surface area contributed by atoms with E-state index in [-0.39, 0.29) is 17.7 Å². The molecule has 2 aliphatic heterocycles. The molecule has 0 bridgehead atoms. The number of aromatic nitrogens is 1. The van der Waals surface area contributed by atoms with Crippen molar-refractivity contribution >= 4 is 34.4 Å². The van der Waals surface area contributed by atoms with Crippen molar-refractivity contribution in [3.8, 4) is 5.75 Å².